The van der Waals surface area contributed by atoms with E-state index in [0.29, 0.717) is 16.3 Å². The highest BCUT2D eigenvalue weighted by atomic mass is 32.1. The number of ether oxygens (including phenoxy) is 1. The first-order chi connectivity index (χ1) is 9.04. The number of nitrogens with zero attached hydrogens (tertiary/aromatic N) is 2. The van der Waals surface area contributed by atoms with Gasteiger partial charge in [0.1, 0.15) is 0 Å². The molecule has 0 unspecified atom stereocenters. The molecule has 6 heteroatoms. The summed E-state index contributed by atoms with van der Waals surface area (Å²) in [5.74, 6) is -0.416. The first kappa shape index (κ1) is 13.4. The minimum Gasteiger partial charge on any atom is -0.481 e. The molecule has 0 saturated carbocycles. The van der Waals surface area contributed by atoms with Crippen LogP contribution in [0.15, 0.2) is 17.5 Å². The van der Waals surface area contributed by atoms with Gasteiger partial charge in [0.25, 0.3) is 0 Å². The predicted molar refractivity (Wildman–Crippen MR) is 74.3 cm³/mol. The van der Waals surface area contributed by atoms with E-state index in [0.717, 1.165) is 5.69 Å². The summed E-state index contributed by atoms with van der Waals surface area (Å²) in [5, 5.41) is 15.4. The molecule has 0 amide bonds. The molecule has 0 bridgehead atoms. The van der Waals surface area contributed by atoms with Crippen LogP contribution in [0.4, 0.5) is 0 Å². The van der Waals surface area contributed by atoms with Gasteiger partial charge in [-0.2, -0.15) is 5.10 Å². The Morgan fingerprint density at radius 2 is 2.32 bits per heavy atom. The molecule has 0 saturated heterocycles. The van der Waals surface area contributed by atoms with Gasteiger partial charge in [0, 0.05) is 11.9 Å². The molecule has 5 nitrogen and oxygen atoms in total. The van der Waals surface area contributed by atoms with Crippen LogP contribution in [0.5, 0.6) is 5.88 Å². The van der Waals surface area contributed by atoms with Gasteiger partial charge < -0.3 is 9.84 Å². The zero-order valence-corrected chi connectivity index (χ0v) is 11.7. The van der Waals surface area contributed by atoms with Crippen molar-refractivity contribution >= 4 is 29.0 Å². The molecule has 0 atom stereocenters. The van der Waals surface area contributed by atoms with Crippen LogP contribution < -0.4 is 4.74 Å². The Morgan fingerprint density at radius 3 is 2.84 bits per heavy atom. The fourth-order valence-corrected chi connectivity index (χ4v) is 2.61. The van der Waals surface area contributed by atoms with Crippen LogP contribution in [0, 0.1) is 6.92 Å². The molecule has 2 rings (SSSR count). The zero-order valence-electron chi connectivity index (χ0n) is 10.9. The minimum absolute atomic E-state index is 0.240. The number of rotatable bonds is 4. The lowest BCUT2D eigenvalue weighted by atomic mass is 10.1. The number of methoxy groups -OCH3 is 1. The third-order valence-corrected chi connectivity index (χ3v) is 3.62. The Hall–Kier alpha value is -2.08. The Bertz CT molecular complexity index is 627. The number of hydrogen-bond donors (Lipinski definition) is 1. The normalized spacial score (nSPS) is 11.6. The van der Waals surface area contributed by atoms with Crippen LogP contribution in [0.3, 0.4) is 0 Å². The highest BCUT2D eigenvalue weighted by molar-refractivity contribution is 7.11. The van der Waals surface area contributed by atoms with Crippen molar-refractivity contribution < 1.29 is 14.6 Å². The number of aromatic nitrogens is 2. The van der Waals surface area contributed by atoms with E-state index in [-0.39, 0.29) is 5.57 Å². The summed E-state index contributed by atoms with van der Waals surface area (Å²) in [6.45, 7) is 1.82. The van der Waals surface area contributed by atoms with E-state index in [1.807, 2.05) is 18.4 Å². The average Bonchev–Trinajstić information content (AvgIpc) is 2.94. The van der Waals surface area contributed by atoms with E-state index in [4.69, 9.17) is 4.74 Å². The molecular formula is C13H14N2O3S. The Balaban J connectivity index is 2.57. The molecule has 0 fully saturated rings. The Kier molecular flexibility index (Phi) is 3.71. The second-order valence-electron chi connectivity index (χ2n) is 3.97. The fourth-order valence-electron chi connectivity index (χ4n) is 1.88. The lowest BCUT2D eigenvalue weighted by Gasteiger charge is -2.03. The number of carboxylic acids is 1. The zero-order chi connectivity index (χ0) is 14.0. The van der Waals surface area contributed by atoms with E-state index in [1.54, 1.807) is 31.0 Å². The van der Waals surface area contributed by atoms with Crippen molar-refractivity contribution in [1.29, 1.82) is 0 Å². The summed E-state index contributed by atoms with van der Waals surface area (Å²) >= 11 is 1.39. The number of carboxylic acid groups (broad SMARTS) is 1. The quantitative estimate of drug-likeness (QED) is 0.872. The van der Waals surface area contributed by atoms with Gasteiger partial charge in [-0.3, -0.25) is 0 Å². The van der Waals surface area contributed by atoms with E-state index < -0.39 is 5.97 Å². The van der Waals surface area contributed by atoms with Crippen molar-refractivity contribution in [3.63, 3.8) is 0 Å². The number of hydrogen-bond acceptors (Lipinski definition) is 4. The van der Waals surface area contributed by atoms with Crippen LogP contribution in [0.25, 0.3) is 11.6 Å². The number of aryl methyl sites for hydroxylation is 2. The van der Waals surface area contributed by atoms with Gasteiger partial charge in [0.15, 0.2) is 0 Å². The van der Waals surface area contributed by atoms with Crippen molar-refractivity contribution in [2.24, 2.45) is 7.05 Å². The fraction of sp³-hybridized carbons (Fsp3) is 0.231. The van der Waals surface area contributed by atoms with Gasteiger partial charge in [0.2, 0.25) is 5.88 Å². The molecule has 0 aliphatic carbocycles. The molecule has 0 aliphatic heterocycles. The van der Waals surface area contributed by atoms with Crippen molar-refractivity contribution in [2.45, 2.75) is 6.92 Å². The van der Waals surface area contributed by atoms with Crippen molar-refractivity contribution in [3.8, 4) is 5.88 Å². The summed E-state index contributed by atoms with van der Waals surface area (Å²) in [6, 6.07) is 3.60. The van der Waals surface area contributed by atoms with Crippen LogP contribution in [0.1, 0.15) is 16.1 Å². The summed E-state index contributed by atoms with van der Waals surface area (Å²) in [7, 11) is 3.30. The lowest BCUT2D eigenvalue weighted by Crippen LogP contribution is -1.99. The molecule has 0 radical (unpaired) electrons. The number of carbonyl (C=O) groups is 1. The third kappa shape index (κ3) is 2.53. The molecule has 0 spiro atoms. The Morgan fingerprint density at radius 1 is 1.58 bits per heavy atom. The van der Waals surface area contributed by atoms with Gasteiger partial charge >= 0.3 is 5.97 Å². The topological polar surface area (TPSA) is 64.3 Å². The van der Waals surface area contributed by atoms with E-state index in [9.17, 15) is 9.90 Å². The van der Waals surface area contributed by atoms with Gasteiger partial charge in [-0.15, -0.1) is 11.3 Å². The maximum absolute atomic E-state index is 11.4. The number of thiophene rings is 1. The van der Waals surface area contributed by atoms with E-state index in [2.05, 4.69) is 5.10 Å². The molecule has 0 aliphatic rings. The summed E-state index contributed by atoms with van der Waals surface area (Å²) in [5.41, 5.74) is 1.66. The molecule has 19 heavy (non-hydrogen) atoms. The van der Waals surface area contributed by atoms with E-state index in [1.165, 1.54) is 11.3 Å². The minimum atomic E-state index is -0.965. The van der Waals surface area contributed by atoms with Gasteiger partial charge in [-0.1, -0.05) is 6.07 Å². The molecule has 100 valence electrons. The van der Waals surface area contributed by atoms with Crippen molar-refractivity contribution in [1.82, 2.24) is 9.78 Å². The first-order valence-corrected chi connectivity index (χ1v) is 6.49. The highest BCUT2D eigenvalue weighted by Crippen LogP contribution is 2.28. The lowest BCUT2D eigenvalue weighted by molar-refractivity contribution is -0.130. The molecule has 2 heterocycles. The van der Waals surface area contributed by atoms with Crippen molar-refractivity contribution in [2.75, 3.05) is 7.11 Å². The largest absolute Gasteiger partial charge is 0.481 e. The van der Waals surface area contributed by atoms with Gasteiger partial charge in [-0.25, -0.2) is 9.48 Å². The second kappa shape index (κ2) is 5.27. The van der Waals surface area contributed by atoms with Crippen LogP contribution in [-0.2, 0) is 11.8 Å². The summed E-state index contributed by atoms with van der Waals surface area (Å²) in [4.78, 5) is 12.1. The van der Waals surface area contributed by atoms with Crippen LogP contribution in [0.2, 0.25) is 0 Å². The highest BCUT2D eigenvalue weighted by Gasteiger charge is 2.17. The first-order valence-electron chi connectivity index (χ1n) is 5.61. The summed E-state index contributed by atoms with van der Waals surface area (Å²) < 4.78 is 6.85. The van der Waals surface area contributed by atoms with Gasteiger partial charge in [-0.05, 0) is 24.4 Å². The average molecular weight is 278 g/mol. The molecule has 2 aromatic heterocycles. The maximum atomic E-state index is 11.4. The number of aliphatic carboxylic acids is 1. The molecule has 2 aromatic rings. The maximum Gasteiger partial charge on any atom is 0.337 e. The monoisotopic (exact) mass is 278 g/mol. The second-order valence-corrected chi connectivity index (χ2v) is 4.92. The third-order valence-electron chi connectivity index (χ3n) is 2.71. The summed E-state index contributed by atoms with van der Waals surface area (Å²) in [6.07, 6.45) is 1.61. The van der Waals surface area contributed by atoms with Crippen LogP contribution >= 0.6 is 11.3 Å². The Labute approximate surface area is 114 Å². The van der Waals surface area contributed by atoms with Gasteiger partial charge in [0.05, 0.1) is 23.9 Å². The standard InChI is InChI=1S/C13H14N2O3S/c1-8-9(12(18-3)15(2)14-8)7-10(13(16)17)11-5-4-6-19-11/h4-7H,1-3H3,(H,16,17)/b10-7+. The smallest absolute Gasteiger partial charge is 0.337 e. The van der Waals surface area contributed by atoms with E-state index >= 15 is 0 Å². The molecular weight excluding hydrogens is 264 g/mol. The predicted octanol–water partition coefficient (Wildman–Crippen LogP) is 2.42. The molecule has 1 N–H and O–H groups in total. The molecule has 0 aromatic carbocycles. The SMILES string of the molecule is COc1c(/C=C(/C(=O)O)c2cccs2)c(C)nn1C. The van der Waals surface area contributed by atoms with Crippen LogP contribution in [-0.4, -0.2) is 28.0 Å². The van der Waals surface area contributed by atoms with Crippen molar-refractivity contribution in [3.05, 3.63) is 33.6 Å².